The van der Waals surface area contributed by atoms with Gasteiger partial charge in [0.1, 0.15) is 6.79 Å². The van der Waals surface area contributed by atoms with Crippen LogP contribution in [0.15, 0.2) is 60.7 Å². The molecule has 0 spiro atoms. The highest BCUT2D eigenvalue weighted by Gasteiger charge is 2.25. The minimum Gasteiger partial charge on any atom is -0.356 e. The van der Waals surface area contributed by atoms with E-state index in [1.54, 1.807) is 29.7 Å². The Morgan fingerprint density at radius 3 is 2.28 bits per heavy atom. The Balaban J connectivity index is 2.08. The van der Waals surface area contributed by atoms with Gasteiger partial charge in [0.05, 0.1) is 12.6 Å². The highest BCUT2D eigenvalue weighted by atomic mass is 16.7. The third-order valence-electron chi connectivity index (χ3n) is 4.44. The highest BCUT2D eigenvalue weighted by molar-refractivity contribution is 5.94. The molecular weight excluding hydrogens is 372 g/mol. The van der Waals surface area contributed by atoms with E-state index >= 15 is 0 Å². The second kappa shape index (κ2) is 12.7. The van der Waals surface area contributed by atoms with Crippen LogP contribution in [0.25, 0.3) is 0 Å². The van der Waals surface area contributed by atoms with Gasteiger partial charge in [0.25, 0.3) is 5.91 Å². The second-order valence-corrected chi connectivity index (χ2v) is 6.62. The normalized spacial score (nSPS) is 12.8. The number of ether oxygens (including phenoxy) is 2. The molecule has 2 rings (SSSR count). The van der Waals surface area contributed by atoms with Gasteiger partial charge in [-0.15, -0.1) is 0 Å². The Kier molecular flexibility index (Phi) is 9.85. The van der Waals surface area contributed by atoms with Crippen LogP contribution in [0.1, 0.15) is 29.3 Å². The van der Waals surface area contributed by atoms with Crippen molar-refractivity contribution < 1.29 is 24.3 Å². The number of hydroxylamine groups is 1. The smallest absolute Gasteiger partial charge is 0.251 e. The van der Waals surface area contributed by atoms with Gasteiger partial charge in [0.2, 0.25) is 5.91 Å². The molecule has 7 nitrogen and oxygen atoms in total. The first-order chi connectivity index (χ1) is 14.1. The van der Waals surface area contributed by atoms with Crippen LogP contribution in [0, 0.1) is 5.92 Å². The Morgan fingerprint density at radius 1 is 1.00 bits per heavy atom. The van der Waals surface area contributed by atoms with Crippen molar-refractivity contribution in [3.63, 3.8) is 0 Å². The number of carbonyl (C=O) groups excluding carboxylic acids is 2. The van der Waals surface area contributed by atoms with E-state index in [1.807, 2.05) is 43.3 Å². The van der Waals surface area contributed by atoms with Crippen molar-refractivity contribution >= 4 is 11.8 Å². The summed E-state index contributed by atoms with van der Waals surface area (Å²) in [6.45, 7) is 2.66. The number of amides is 2. The van der Waals surface area contributed by atoms with Crippen LogP contribution in [-0.2, 0) is 20.7 Å². The van der Waals surface area contributed by atoms with E-state index in [1.165, 1.54) is 0 Å². The molecule has 0 radical (unpaired) electrons. The monoisotopic (exact) mass is 400 g/mol. The summed E-state index contributed by atoms with van der Waals surface area (Å²) < 4.78 is 10.7. The SMILES string of the molecule is CCOCOC[C@H](C[C@H](Cc1ccccc1)C(=O)NO)NC(=O)c1ccccc1. The molecule has 0 heterocycles. The van der Waals surface area contributed by atoms with Gasteiger partial charge in [-0.2, -0.15) is 0 Å². The molecule has 156 valence electrons. The van der Waals surface area contributed by atoms with Gasteiger partial charge >= 0.3 is 0 Å². The largest absolute Gasteiger partial charge is 0.356 e. The maximum absolute atomic E-state index is 12.6. The molecule has 0 aromatic heterocycles. The lowest BCUT2D eigenvalue weighted by Crippen LogP contribution is -2.42. The predicted molar refractivity (Wildman–Crippen MR) is 108 cm³/mol. The molecule has 7 heteroatoms. The van der Waals surface area contributed by atoms with Crippen molar-refractivity contribution in [1.29, 1.82) is 0 Å². The Morgan fingerprint density at radius 2 is 1.66 bits per heavy atom. The number of nitrogens with one attached hydrogen (secondary N) is 2. The first-order valence-corrected chi connectivity index (χ1v) is 9.63. The third-order valence-corrected chi connectivity index (χ3v) is 4.44. The van der Waals surface area contributed by atoms with E-state index in [9.17, 15) is 9.59 Å². The highest BCUT2D eigenvalue weighted by Crippen LogP contribution is 2.16. The van der Waals surface area contributed by atoms with Gasteiger partial charge in [-0.25, -0.2) is 5.48 Å². The molecule has 0 fully saturated rings. The average molecular weight is 400 g/mol. The summed E-state index contributed by atoms with van der Waals surface area (Å²) in [6.07, 6.45) is 0.725. The third kappa shape index (κ3) is 8.03. The number of hydrogen-bond acceptors (Lipinski definition) is 5. The van der Waals surface area contributed by atoms with E-state index < -0.39 is 17.9 Å². The molecule has 0 saturated heterocycles. The molecule has 0 unspecified atom stereocenters. The van der Waals surface area contributed by atoms with Crippen LogP contribution in [0.3, 0.4) is 0 Å². The maximum Gasteiger partial charge on any atom is 0.251 e. The fourth-order valence-corrected chi connectivity index (χ4v) is 2.98. The zero-order chi connectivity index (χ0) is 20.9. The number of hydrogen-bond donors (Lipinski definition) is 3. The molecule has 0 bridgehead atoms. The van der Waals surface area contributed by atoms with Crippen molar-refractivity contribution in [2.45, 2.75) is 25.8 Å². The Bertz CT molecular complexity index is 739. The van der Waals surface area contributed by atoms with Gasteiger partial charge in [0, 0.05) is 18.1 Å². The van der Waals surface area contributed by atoms with E-state index in [4.69, 9.17) is 14.7 Å². The minimum absolute atomic E-state index is 0.101. The van der Waals surface area contributed by atoms with Crippen molar-refractivity contribution in [3.8, 4) is 0 Å². The van der Waals surface area contributed by atoms with Crippen molar-refractivity contribution in [3.05, 3.63) is 71.8 Å². The van der Waals surface area contributed by atoms with E-state index in [0.717, 1.165) is 5.56 Å². The summed E-state index contributed by atoms with van der Waals surface area (Å²) in [5.74, 6) is -1.30. The fraction of sp³-hybridized carbons (Fsp3) is 0.364. The van der Waals surface area contributed by atoms with Crippen LogP contribution >= 0.6 is 0 Å². The van der Waals surface area contributed by atoms with Crippen molar-refractivity contribution in [2.75, 3.05) is 20.0 Å². The number of benzene rings is 2. The number of carbonyl (C=O) groups is 2. The summed E-state index contributed by atoms with van der Waals surface area (Å²) in [7, 11) is 0. The van der Waals surface area contributed by atoms with Crippen LogP contribution in [0.2, 0.25) is 0 Å². The summed E-state index contributed by atoms with van der Waals surface area (Å²) in [5, 5.41) is 12.1. The van der Waals surface area contributed by atoms with E-state index in [0.29, 0.717) is 25.0 Å². The zero-order valence-corrected chi connectivity index (χ0v) is 16.5. The summed E-state index contributed by atoms with van der Waals surface area (Å²) >= 11 is 0. The van der Waals surface area contributed by atoms with E-state index in [2.05, 4.69) is 5.32 Å². The zero-order valence-electron chi connectivity index (χ0n) is 16.5. The first-order valence-electron chi connectivity index (χ1n) is 9.63. The van der Waals surface area contributed by atoms with Gasteiger partial charge in [-0.3, -0.25) is 14.8 Å². The molecule has 0 saturated carbocycles. The average Bonchev–Trinajstić information content (AvgIpc) is 2.76. The lowest BCUT2D eigenvalue weighted by molar-refractivity contribution is -0.134. The van der Waals surface area contributed by atoms with Crippen LogP contribution < -0.4 is 10.8 Å². The second-order valence-electron chi connectivity index (χ2n) is 6.62. The molecule has 3 N–H and O–H groups in total. The van der Waals surface area contributed by atoms with Gasteiger partial charge in [-0.1, -0.05) is 48.5 Å². The lowest BCUT2D eigenvalue weighted by atomic mass is 9.92. The number of rotatable bonds is 12. The molecule has 0 aliphatic carbocycles. The summed E-state index contributed by atoms with van der Waals surface area (Å²) in [4.78, 5) is 24.8. The molecule has 29 heavy (non-hydrogen) atoms. The fourth-order valence-electron chi connectivity index (χ4n) is 2.98. The maximum atomic E-state index is 12.6. The lowest BCUT2D eigenvalue weighted by Gasteiger charge is -2.24. The van der Waals surface area contributed by atoms with Crippen LogP contribution in [0.5, 0.6) is 0 Å². The molecule has 2 aromatic carbocycles. The topological polar surface area (TPSA) is 96.9 Å². The molecule has 2 aromatic rings. The molecule has 0 aliphatic rings. The molecule has 2 amide bonds. The molecular formula is C22H28N2O5. The Labute approximate surface area is 171 Å². The first kappa shape index (κ1) is 22.5. The summed E-state index contributed by atoms with van der Waals surface area (Å²) in [5.41, 5.74) is 3.22. The standard InChI is InChI=1S/C22H28N2O5/c1-2-28-16-29-15-20(23-21(25)18-11-7-4-8-12-18)14-19(22(26)24-27)13-17-9-5-3-6-10-17/h3-12,19-20,27H,2,13-16H2,1H3,(H,23,25)(H,24,26)/t19-,20-/m0/s1. The molecule has 2 atom stereocenters. The van der Waals surface area contributed by atoms with E-state index in [-0.39, 0.29) is 19.3 Å². The van der Waals surface area contributed by atoms with Crippen LogP contribution in [0.4, 0.5) is 0 Å². The van der Waals surface area contributed by atoms with Crippen molar-refractivity contribution in [1.82, 2.24) is 10.8 Å². The van der Waals surface area contributed by atoms with Crippen LogP contribution in [-0.4, -0.2) is 43.1 Å². The van der Waals surface area contributed by atoms with Gasteiger partial charge in [-0.05, 0) is 37.5 Å². The van der Waals surface area contributed by atoms with Gasteiger partial charge < -0.3 is 14.8 Å². The summed E-state index contributed by atoms with van der Waals surface area (Å²) in [6, 6.07) is 17.9. The quantitative estimate of drug-likeness (QED) is 0.220. The predicted octanol–water partition coefficient (Wildman–Crippen LogP) is 2.55. The van der Waals surface area contributed by atoms with Crippen molar-refractivity contribution in [2.24, 2.45) is 5.92 Å². The minimum atomic E-state index is -0.542. The van der Waals surface area contributed by atoms with Gasteiger partial charge in [0.15, 0.2) is 0 Å². The molecule has 0 aliphatic heterocycles. The Hall–Kier alpha value is -2.74.